The van der Waals surface area contributed by atoms with E-state index in [1.165, 1.54) is 24.3 Å². The highest BCUT2D eigenvalue weighted by atomic mass is 35.5. The molecule has 1 heterocycles. The third-order valence-electron chi connectivity index (χ3n) is 2.51. The Balaban J connectivity index is 2.68. The highest BCUT2D eigenvalue weighted by molar-refractivity contribution is 6.30. The molecule has 98 valence electrons. The number of pyridine rings is 1. The average Bonchev–Trinajstić information content (AvgIpc) is 2.38. The molecule has 0 amide bonds. The summed E-state index contributed by atoms with van der Waals surface area (Å²) in [5.74, 6) is -0.244. The van der Waals surface area contributed by atoms with Crippen molar-refractivity contribution in [3.05, 3.63) is 51.3 Å². The number of nitro groups is 1. The van der Waals surface area contributed by atoms with Crippen LogP contribution in [0.4, 0.5) is 15.9 Å². The van der Waals surface area contributed by atoms with Crippen molar-refractivity contribution in [1.29, 1.82) is 0 Å². The largest absolute Gasteiger partial charge is 0.373 e. The lowest BCUT2D eigenvalue weighted by Gasteiger charge is -2.06. The number of rotatable bonds is 3. The van der Waals surface area contributed by atoms with Crippen LogP contribution in [0.3, 0.4) is 0 Å². The van der Waals surface area contributed by atoms with Gasteiger partial charge in [-0.05, 0) is 24.3 Å². The van der Waals surface area contributed by atoms with Gasteiger partial charge in [0.25, 0.3) is 5.69 Å². The summed E-state index contributed by atoms with van der Waals surface area (Å²) in [6, 6.07) is 6.65. The van der Waals surface area contributed by atoms with E-state index in [0.29, 0.717) is 5.82 Å². The van der Waals surface area contributed by atoms with Crippen LogP contribution in [0, 0.1) is 15.9 Å². The topological polar surface area (TPSA) is 68.1 Å². The third-order valence-corrected chi connectivity index (χ3v) is 2.75. The standard InChI is InChI=1S/C12H9ClFN3O2/c1-15-11-5-4-10(17(18)19)12(16-11)8-3-2-7(13)6-9(8)14/h2-6H,1H3,(H,15,16). The molecule has 0 bridgehead atoms. The second-order valence-electron chi connectivity index (χ2n) is 3.70. The van der Waals surface area contributed by atoms with E-state index in [4.69, 9.17) is 11.6 Å². The quantitative estimate of drug-likeness (QED) is 0.691. The third kappa shape index (κ3) is 2.63. The molecule has 1 N–H and O–H groups in total. The minimum atomic E-state index is -0.656. The molecule has 0 saturated carbocycles. The maximum atomic E-state index is 13.8. The lowest BCUT2D eigenvalue weighted by Crippen LogP contribution is -2.00. The number of hydrogen-bond acceptors (Lipinski definition) is 4. The fraction of sp³-hybridized carbons (Fsp3) is 0.0833. The summed E-state index contributed by atoms with van der Waals surface area (Å²) in [5.41, 5.74) is -0.264. The molecule has 0 aliphatic heterocycles. The average molecular weight is 282 g/mol. The Morgan fingerprint density at radius 1 is 1.37 bits per heavy atom. The first kappa shape index (κ1) is 13.2. The summed E-state index contributed by atoms with van der Waals surface area (Å²) in [6.45, 7) is 0. The van der Waals surface area contributed by atoms with Crippen molar-refractivity contribution in [2.45, 2.75) is 0 Å². The van der Waals surface area contributed by atoms with E-state index >= 15 is 0 Å². The normalized spacial score (nSPS) is 10.3. The van der Waals surface area contributed by atoms with Crippen molar-refractivity contribution in [2.24, 2.45) is 0 Å². The molecule has 7 heteroatoms. The van der Waals surface area contributed by atoms with Crippen LogP contribution >= 0.6 is 11.6 Å². The number of hydrogen-bond donors (Lipinski definition) is 1. The number of aromatic nitrogens is 1. The number of nitrogens with zero attached hydrogens (tertiary/aromatic N) is 2. The Hall–Kier alpha value is -2.21. The van der Waals surface area contributed by atoms with Crippen LogP contribution in [0.25, 0.3) is 11.3 Å². The van der Waals surface area contributed by atoms with Gasteiger partial charge in [0.05, 0.1) is 4.92 Å². The van der Waals surface area contributed by atoms with Crippen LogP contribution in [-0.4, -0.2) is 17.0 Å². The smallest absolute Gasteiger partial charge is 0.295 e. The Morgan fingerprint density at radius 3 is 2.68 bits per heavy atom. The van der Waals surface area contributed by atoms with Gasteiger partial charge in [-0.2, -0.15) is 0 Å². The summed E-state index contributed by atoms with van der Waals surface area (Å²) in [7, 11) is 1.62. The highest BCUT2D eigenvalue weighted by Crippen LogP contribution is 2.32. The minimum absolute atomic E-state index is 0.0354. The Bertz CT molecular complexity index is 649. The maximum absolute atomic E-state index is 13.8. The summed E-state index contributed by atoms with van der Waals surface area (Å²) < 4.78 is 13.8. The predicted molar refractivity (Wildman–Crippen MR) is 70.8 cm³/mol. The summed E-state index contributed by atoms with van der Waals surface area (Å²) in [6.07, 6.45) is 0. The van der Waals surface area contributed by atoms with E-state index in [1.807, 2.05) is 0 Å². The number of benzene rings is 1. The zero-order valence-electron chi connectivity index (χ0n) is 9.85. The van der Waals surface area contributed by atoms with Gasteiger partial charge in [-0.25, -0.2) is 9.37 Å². The summed E-state index contributed by atoms with van der Waals surface area (Å²) in [4.78, 5) is 14.4. The zero-order chi connectivity index (χ0) is 14.0. The maximum Gasteiger partial charge on any atom is 0.295 e. The lowest BCUT2D eigenvalue weighted by atomic mass is 10.1. The highest BCUT2D eigenvalue weighted by Gasteiger charge is 2.20. The molecule has 1 aromatic carbocycles. The molecule has 2 rings (SSSR count). The van der Waals surface area contributed by atoms with Crippen molar-refractivity contribution in [2.75, 3.05) is 12.4 Å². The van der Waals surface area contributed by atoms with Crippen LogP contribution in [0.2, 0.25) is 5.02 Å². The Morgan fingerprint density at radius 2 is 2.11 bits per heavy atom. The van der Waals surface area contributed by atoms with Crippen molar-refractivity contribution in [1.82, 2.24) is 4.98 Å². The fourth-order valence-electron chi connectivity index (χ4n) is 1.62. The van der Waals surface area contributed by atoms with E-state index < -0.39 is 10.7 Å². The van der Waals surface area contributed by atoms with E-state index in [1.54, 1.807) is 7.05 Å². The SMILES string of the molecule is CNc1ccc([N+](=O)[O-])c(-c2ccc(Cl)cc2F)n1. The molecule has 2 aromatic rings. The van der Waals surface area contributed by atoms with E-state index in [-0.39, 0.29) is 22.0 Å². The number of halogens is 2. The first-order valence-electron chi connectivity index (χ1n) is 5.31. The molecule has 0 saturated heterocycles. The zero-order valence-corrected chi connectivity index (χ0v) is 10.6. The summed E-state index contributed by atoms with van der Waals surface area (Å²) in [5, 5.41) is 13.9. The predicted octanol–water partition coefficient (Wildman–Crippen LogP) is 3.49. The van der Waals surface area contributed by atoms with Crippen molar-refractivity contribution >= 4 is 23.1 Å². The fourth-order valence-corrected chi connectivity index (χ4v) is 1.78. The molecule has 0 atom stereocenters. The van der Waals surface area contributed by atoms with Gasteiger partial charge < -0.3 is 5.32 Å². The van der Waals surface area contributed by atoms with Gasteiger partial charge >= 0.3 is 0 Å². The summed E-state index contributed by atoms with van der Waals surface area (Å²) >= 11 is 5.66. The lowest BCUT2D eigenvalue weighted by molar-refractivity contribution is -0.384. The molecule has 0 spiro atoms. The molecule has 0 aliphatic carbocycles. The van der Waals surface area contributed by atoms with Crippen LogP contribution in [0.15, 0.2) is 30.3 Å². The first-order valence-corrected chi connectivity index (χ1v) is 5.69. The van der Waals surface area contributed by atoms with Gasteiger partial charge in [0.15, 0.2) is 5.69 Å². The second kappa shape index (κ2) is 5.19. The molecule has 1 aromatic heterocycles. The van der Waals surface area contributed by atoms with Crippen LogP contribution < -0.4 is 5.32 Å². The molecule has 0 aliphatic rings. The van der Waals surface area contributed by atoms with Crippen molar-refractivity contribution in [3.63, 3.8) is 0 Å². The van der Waals surface area contributed by atoms with Gasteiger partial charge in [0.1, 0.15) is 11.6 Å². The van der Waals surface area contributed by atoms with Gasteiger partial charge in [-0.15, -0.1) is 0 Å². The minimum Gasteiger partial charge on any atom is -0.373 e. The van der Waals surface area contributed by atoms with E-state index in [0.717, 1.165) is 6.07 Å². The molecule has 0 unspecified atom stereocenters. The molecular formula is C12H9ClFN3O2. The van der Waals surface area contributed by atoms with Gasteiger partial charge in [0, 0.05) is 23.7 Å². The van der Waals surface area contributed by atoms with E-state index in [9.17, 15) is 14.5 Å². The molecule has 0 fully saturated rings. The second-order valence-corrected chi connectivity index (χ2v) is 4.13. The first-order chi connectivity index (χ1) is 9.02. The Labute approximate surface area is 113 Å². The van der Waals surface area contributed by atoms with Crippen LogP contribution in [-0.2, 0) is 0 Å². The van der Waals surface area contributed by atoms with Gasteiger partial charge in [0.2, 0.25) is 0 Å². The Kier molecular flexibility index (Phi) is 3.62. The number of anilines is 1. The molecule has 5 nitrogen and oxygen atoms in total. The van der Waals surface area contributed by atoms with Crippen molar-refractivity contribution in [3.8, 4) is 11.3 Å². The van der Waals surface area contributed by atoms with Crippen LogP contribution in [0.1, 0.15) is 0 Å². The van der Waals surface area contributed by atoms with Crippen molar-refractivity contribution < 1.29 is 9.31 Å². The van der Waals surface area contributed by atoms with Crippen LogP contribution in [0.5, 0.6) is 0 Å². The molecular weight excluding hydrogens is 273 g/mol. The van der Waals surface area contributed by atoms with Gasteiger partial charge in [-0.1, -0.05) is 11.6 Å². The van der Waals surface area contributed by atoms with E-state index in [2.05, 4.69) is 10.3 Å². The molecule has 0 radical (unpaired) electrons. The molecule has 19 heavy (non-hydrogen) atoms. The monoisotopic (exact) mass is 281 g/mol. The number of nitrogens with one attached hydrogen (secondary N) is 1. The van der Waals surface area contributed by atoms with Gasteiger partial charge in [-0.3, -0.25) is 10.1 Å².